The van der Waals surface area contributed by atoms with E-state index < -0.39 is 0 Å². The second-order valence-electron chi connectivity index (χ2n) is 7.39. The molecule has 0 bridgehead atoms. The molecule has 0 spiro atoms. The molecule has 0 atom stereocenters. The van der Waals surface area contributed by atoms with E-state index in [9.17, 15) is 9.59 Å². The Hall–Kier alpha value is -3.77. The van der Waals surface area contributed by atoms with E-state index in [-0.39, 0.29) is 23.9 Å². The Kier molecular flexibility index (Phi) is 6.14. The summed E-state index contributed by atoms with van der Waals surface area (Å²) in [4.78, 5) is 29.1. The van der Waals surface area contributed by atoms with E-state index in [1.165, 1.54) is 0 Å². The van der Waals surface area contributed by atoms with Crippen molar-refractivity contribution in [1.29, 1.82) is 0 Å². The number of hydrogen-bond donors (Lipinski definition) is 3. The number of nitrogens with one attached hydrogen (secondary N) is 3. The van der Waals surface area contributed by atoms with Crippen LogP contribution in [0, 0.1) is 6.92 Å². The molecule has 0 saturated heterocycles. The molecule has 162 valence electrons. The fourth-order valence-corrected chi connectivity index (χ4v) is 3.57. The first-order valence-corrected chi connectivity index (χ1v) is 10.4. The van der Waals surface area contributed by atoms with Crippen LogP contribution in [0.15, 0.2) is 66.7 Å². The van der Waals surface area contributed by atoms with Gasteiger partial charge in [0.15, 0.2) is 0 Å². The maximum absolute atomic E-state index is 13.2. The van der Waals surface area contributed by atoms with Crippen molar-refractivity contribution >= 4 is 45.6 Å². The molecule has 0 fully saturated rings. The summed E-state index contributed by atoms with van der Waals surface area (Å²) >= 11 is 6.13. The summed E-state index contributed by atoms with van der Waals surface area (Å²) < 4.78 is 5.16. The molecule has 0 unspecified atom stereocenters. The highest BCUT2D eigenvalue weighted by molar-refractivity contribution is 6.31. The fraction of sp³-hybridized carbons (Fsp3) is 0.120. The van der Waals surface area contributed by atoms with Crippen molar-refractivity contribution < 1.29 is 14.3 Å². The smallest absolute Gasteiger partial charge is 0.243 e. The van der Waals surface area contributed by atoms with Gasteiger partial charge in [-0.1, -0.05) is 29.3 Å². The second-order valence-corrected chi connectivity index (χ2v) is 7.83. The number of carbonyl (C=O) groups is 2. The van der Waals surface area contributed by atoms with Crippen LogP contribution in [-0.2, 0) is 4.79 Å². The number of H-pyrrole nitrogens is 1. The molecule has 1 amide bonds. The summed E-state index contributed by atoms with van der Waals surface area (Å²) in [6.07, 6.45) is 0. The SMILES string of the molecule is COc1ccc(C(=O)c2[nH]c3cc(Cl)ccc3c2NC(=O)CNc2ccc(C)cc2)cc1. The Labute approximate surface area is 190 Å². The zero-order chi connectivity index (χ0) is 22.7. The van der Waals surface area contributed by atoms with E-state index >= 15 is 0 Å². The van der Waals surface area contributed by atoms with E-state index in [4.69, 9.17) is 16.3 Å². The van der Waals surface area contributed by atoms with Gasteiger partial charge in [0.2, 0.25) is 11.7 Å². The van der Waals surface area contributed by atoms with Gasteiger partial charge in [0.25, 0.3) is 0 Å². The predicted molar refractivity (Wildman–Crippen MR) is 128 cm³/mol. The van der Waals surface area contributed by atoms with Crippen molar-refractivity contribution in [3.05, 3.63) is 88.6 Å². The molecule has 1 aromatic heterocycles. The first-order valence-electron chi connectivity index (χ1n) is 10.0. The highest BCUT2D eigenvalue weighted by Gasteiger charge is 2.21. The Morgan fingerprint density at radius 2 is 1.72 bits per heavy atom. The lowest BCUT2D eigenvalue weighted by Crippen LogP contribution is -2.22. The number of aromatic amines is 1. The van der Waals surface area contributed by atoms with Gasteiger partial charge < -0.3 is 20.4 Å². The van der Waals surface area contributed by atoms with Crippen LogP contribution in [0.1, 0.15) is 21.6 Å². The van der Waals surface area contributed by atoms with Gasteiger partial charge in [-0.3, -0.25) is 9.59 Å². The van der Waals surface area contributed by atoms with Crippen LogP contribution >= 0.6 is 11.6 Å². The van der Waals surface area contributed by atoms with Gasteiger partial charge >= 0.3 is 0 Å². The standard InChI is InChI=1S/C25H22ClN3O3/c1-15-3-8-18(9-4-15)27-14-22(30)29-23-20-12-7-17(26)13-21(20)28-24(23)25(31)16-5-10-19(32-2)11-6-16/h3-13,27-28H,14H2,1-2H3,(H,29,30). The van der Waals surface area contributed by atoms with Crippen LogP contribution in [0.4, 0.5) is 11.4 Å². The summed E-state index contributed by atoms with van der Waals surface area (Å²) in [7, 11) is 1.57. The highest BCUT2D eigenvalue weighted by Crippen LogP contribution is 2.31. The molecular weight excluding hydrogens is 426 g/mol. The molecule has 7 heteroatoms. The zero-order valence-corrected chi connectivity index (χ0v) is 18.4. The van der Waals surface area contributed by atoms with Crippen molar-refractivity contribution in [3.8, 4) is 5.75 Å². The zero-order valence-electron chi connectivity index (χ0n) is 17.7. The number of benzene rings is 3. The molecule has 6 nitrogen and oxygen atoms in total. The van der Waals surface area contributed by atoms with Crippen molar-refractivity contribution in [2.45, 2.75) is 6.92 Å². The molecule has 32 heavy (non-hydrogen) atoms. The number of hydrogen-bond acceptors (Lipinski definition) is 4. The Bertz CT molecular complexity index is 1280. The third-order valence-electron chi connectivity index (χ3n) is 5.11. The Balaban J connectivity index is 1.62. The Morgan fingerprint density at radius 3 is 2.41 bits per heavy atom. The van der Waals surface area contributed by atoms with E-state index in [0.717, 1.165) is 11.3 Å². The number of amides is 1. The molecule has 0 aliphatic carbocycles. The van der Waals surface area contributed by atoms with E-state index in [1.54, 1.807) is 49.6 Å². The predicted octanol–water partition coefficient (Wildman–Crippen LogP) is 5.42. The molecule has 4 aromatic rings. The lowest BCUT2D eigenvalue weighted by atomic mass is 10.1. The number of anilines is 2. The lowest BCUT2D eigenvalue weighted by Gasteiger charge is -2.10. The molecule has 4 rings (SSSR count). The molecular formula is C25H22ClN3O3. The van der Waals surface area contributed by atoms with Crippen molar-refractivity contribution in [2.75, 3.05) is 24.3 Å². The molecule has 0 aliphatic rings. The highest BCUT2D eigenvalue weighted by atomic mass is 35.5. The molecule has 0 saturated carbocycles. The van der Waals surface area contributed by atoms with E-state index in [0.29, 0.717) is 32.9 Å². The van der Waals surface area contributed by atoms with Crippen LogP contribution in [0.25, 0.3) is 10.9 Å². The average molecular weight is 448 g/mol. The first kappa shape index (κ1) is 21.5. The number of rotatable bonds is 7. The minimum atomic E-state index is -0.273. The number of ketones is 1. The number of aryl methyl sites for hydroxylation is 1. The van der Waals surface area contributed by atoms with Crippen molar-refractivity contribution in [1.82, 2.24) is 4.98 Å². The summed E-state index contributed by atoms with van der Waals surface area (Å²) in [6.45, 7) is 2.06. The summed E-state index contributed by atoms with van der Waals surface area (Å²) in [5, 5.41) is 7.21. The average Bonchev–Trinajstić information content (AvgIpc) is 3.15. The molecule has 0 aliphatic heterocycles. The monoisotopic (exact) mass is 447 g/mol. The fourth-order valence-electron chi connectivity index (χ4n) is 3.39. The van der Waals surface area contributed by atoms with E-state index in [2.05, 4.69) is 15.6 Å². The number of carbonyl (C=O) groups excluding carboxylic acids is 2. The Morgan fingerprint density at radius 1 is 1.00 bits per heavy atom. The molecule has 1 heterocycles. The van der Waals surface area contributed by atoms with Crippen LogP contribution in [-0.4, -0.2) is 30.3 Å². The third kappa shape index (κ3) is 4.60. The number of methoxy groups -OCH3 is 1. The maximum atomic E-state index is 13.2. The number of halogens is 1. The van der Waals surface area contributed by atoms with E-state index in [1.807, 2.05) is 31.2 Å². The largest absolute Gasteiger partial charge is 0.497 e. The lowest BCUT2D eigenvalue weighted by molar-refractivity contribution is -0.114. The third-order valence-corrected chi connectivity index (χ3v) is 5.34. The normalized spacial score (nSPS) is 10.7. The van der Waals surface area contributed by atoms with Gasteiger partial charge in [-0.15, -0.1) is 0 Å². The topological polar surface area (TPSA) is 83.2 Å². The van der Waals surface area contributed by atoms with Gasteiger partial charge in [-0.2, -0.15) is 0 Å². The van der Waals surface area contributed by atoms with Gasteiger partial charge in [0, 0.05) is 27.2 Å². The molecule has 3 N–H and O–H groups in total. The maximum Gasteiger partial charge on any atom is 0.243 e. The molecule has 0 radical (unpaired) electrons. The number of aromatic nitrogens is 1. The first-order chi connectivity index (χ1) is 15.4. The second kappa shape index (κ2) is 9.16. The van der Waals surface area contributed by atoms with Crippen LogP contribution in [0.2, 0.25) is 5.02 Å². The van der Waals surface area contributed by atoms with Gasteiger partial charge in [0.05, 0.1) is 19.3 Å². The minimum Gasteiger partial charge on any atom is -0.497 e. The van der Waals surface area contributed by atoms with Crippen LogP contribution in [0.5, 0.6) is 5.75 Å². The van der Waals surface area contributed by atoms with Crippen LogP contribution < -0.4 is 15.4 Å². The molecule has 3 aromatic carbocycles. The minimum absolute atomic E-state index is 0.0550. The van der Waals surface area contributed by atoms with Gasteiger partial charge in [-0.25, -0.2) is 0 Å². The summed E-state index contributed by atoms with van der Waals surface area (Å²) in [5.74, 6) is 0.132. The number of ether oxygens (including phenoxy) is 1. The quantitative estimate of drug-likeness (QED) is 0.330. The van der Waals surface area contributed by atoms with Crippen molar-refractivity contribution in [2.24, 2.45) is 0 Å². The van der Waals surface area contributed by atoms with Crippen LogP contribution in [0.3, 0.4) is 0 Å². The summed E-state index contributed by atoms with van der Waals surface area (Å²) in [6, 6.07) is 19.8. The summed E-state index contributed by atoms with van der Waals surface area (Å²) in [5.41, 5.74) is 3.82. The van der Waals surface area contributed by atoms with Crippen molar-refractivity contribution in [3.63, 3.8) is 0 Å². The van der Waals surface area contributed by atoms with Gasteiger partial charge in [0.1, 0.15) is 11.4 Å². The van der Waals surface area contributed by atoms with Gasteiger partial charge in [-0.05, 0) is 61.5 Å². The number of fused-ring (bicyclic) bond motifs is 1.